The molecule has 3 rings (SSSR count). The molecular formula is C13H19N3. The molecule has 1 fully saturated rings. The highest BCUT2D eigenvalue weighted by molar-refractivity contribution is 5.86. The molecule has 2 aliphatic rings. The van der Waals surface area contributed by atoms with E-state index < -0.39 is 0 Å². The molecule has 3 nitrogen and oxygen atoms in total. The van der Waals surface area contributed by atoms with Crippen LogP contribution in [-0.4, -0.2) is 22.9 Å². The highest BCUT2D eigenvalue weighted by Crippen LogP contribution is 2.49. The van der Waals surface area contributed by atoms with Crippen LogP contribution < -0.4 is 5.32 Å². The van der Waals surface area contributed by atoms with Crippen molar-refractivity contribution in [1.29, 1.82) is 0 Å². The maximum atomic E-state index is 4.68. The quantitative estimate of drug-likeness (QED) is 0.839. The molecule has 0 amide bonds. The topological polar surface area (TPSA) is 29.9 Å². The van der Waals surface area contributed by atoms with Gasteiger partial charge >= 0.3 is 0 Å². The molecular weight excluding hydrogens is 198 g/mol. The molecule has 1 saturated heterocycles. The van der Waals surface area contributed by atoms with E-state index in [1.807, 2.05) is 0 Å². The van der Waals surface area contributed by atoms with E-state index in [9.17, 15) is 0 Å². The largest absolute Gasteiger partial charge is 0.312 e. The van der Waals surface area contributed by atoms with Gasteiger partial charge in [-0.3, -0.25) is 4.68 Å². The summed E-state index contributed by atoms with van der Waals surface area (Å²) in [6, 6.07) is 2.73. The lowest BCUT2D eigenvalue weighted by atomic mass is 10.2. The van der Waals surface area contributed by atoms with Crippen LogP contribution in [0.4, 0.5) is 0 Å². The van der Waals surface area contributed by atoms with E-state index in [2.05, 4.69) is 41.9 Å². The number of rotatable bonds is 3. The van der Waals surface area contributed by atoms with Crippen molar-refractivity contribution in [3.8, 4) is 0 Å². The summed E-state index contributed by atoms with van der Waals surface area (Å²) in [5.74, 6) is 0.721. The highest BCUT2D eigenvalue weighted by atomic mass is 15.3. The first kappa shape index (κ1) is 10.1. The van der Waals surface area contributed by atoms with Crippen LogP contribution in [0.1, 0.15) is 38.2 Å². The third kappa shape index (κ3) is 1.34. The first-order valence-electron chi connectivity index (χ1n) is 6.24. The van der Waals surface area contributed by atoms with E-state index in [1.165, 1.54) is 11.4 Å². The van der Waals surface area contributed by atoms with Crippen LogP contribution in [0.2, 0.25) is 0 Å². The van der Waals surface area contributed by atoms with Gasteiger partial charge in [-0.25, -0.2) is 0 Å². The molecule has 0 radical (unpaired) electrons. The monoisotopic (exact) mass is 217 g/mol. The standard InChI is InChI=1S/C13H19N3/c1-4-9-5-12(16(15-9)8(2)3)13-10-6-14-7-11(10)13/h5,8,10,14H,4,6-7H2,1-3H3. The van der Waals surface area contributed by atoms with E-state index >= 15 is 0 Å². The van der Waals surface area contributed by atoms with Gasteiger partial charge in [0.05, 0.1) is 11.4 Å². The van der Waals surface area contributed by atoms with Crippen LogP contribution in [0.5, 0.6) is 0 Å². The zero-order valence-corrected chi connectivity index (χ0v) is 10.2. The van der Waals surface area contributed by atoms with Gasteiger partial charge in [0.25, 0.3) is 0 Å². The smallest absolute Gasteiger partial charge is 0.0654 e. The zero-order valence-electron chi connectivity index (χ0n) is 10.2. The normalized spacial score (nSPS) is 23.1. The van der Waals surface area contributed by atoms with Crippen molar-refractivity contribution in [2.45, 2.75) is 33.2 Å². The van der Waals surface area contributed by atoms with Crippen LogP contribution in [0.25, 0.3) is 5.57 Å². The average molecular weight is 217 g/mol. The second kappa shape index (κ2) is 3.45. The van der Waals surface area contributed by atoms with Crippen LogP contribution >= 0.6 is 0 Å². The second-order valence-corrected chi connectivity index (χ2v) is 5.04. The lowest BCUT2D eigenvalue weighted by Crippen LogP contribution is -2.12. The van der Waals surface area contributed by atoms with E-state index in [-0.39, 0.29) is 0 Å². The van der Waals surface area contributed by atoms with Crippen molar-refractivity contribution < 1.29 is 0 Å². The molecule has 1 atom stereocenters. The third-order valence-electron chi connectivity index (χ3n) is 3.61. The molecule has 1 aliphatic carbocycles. The number of hydrogen-bond acceptors (Lipinski definition) is 2. The fourth-order valence-corrected chi connectivity index (χ4v) is 2.67. The maximum Gasteiger partial charge on any atom is 0.0654 e. The summed E-state index contributed by atoms with van der Waals surface area (Å²) >= 11 is 0. The molecule has 0 bridgehead atoms. The minimum atomic E-state index is 0.456. The molecule has 16 heavy (non-hydrogen) atoms. The van der Waals surface area contributed by atoms with E-state index in [0.29, 0.717) is 6.04 Å². The predicted octanol–water partition coefficient (Wildman–Crippen LogP) is 2.01. The molecule has 2 heterocycles. The Morgan fingerprint density at radius 1 is 1.56 bits per heavy atom. The van der Waals surface area contributed by atoms with Crippen molar-refractivity contribution >= 4 is 5.57 Å². The Hall–Kier alpha value is -1.09. The van der Waals surface area contributed by atoms with E-state index in [0.717, 1.165) is 25.4 Å². The Kier molecular flexibility index (Phi) is 2.18. The minimum absolute atomic E-state index is 0.456. The first-order chi connectivity index (χ1) is 7.72. The number of hydrogen-bond donors (Lipinski definition) is 1. The van der Waals surface area contributed by atoms with Gasteiger partial charge in [0, 0.05) is 25.0 Å². The maximum absolute atomic E-state index is 4.68. The first-order valence-corrected chi connectivity index (χ1v) is 6.24. The Morgan fingerprint density at radius 3 is 2.94 bits per heavy atom. The van der Waals surface area contributed by atoms with Crippen molar-refractivity contribution in [3.63, 3.8) is 0 Å². The lowest BCUT2D eigenvalue weighted by Gasteiger charge is -2.09. The fraction of sp³-hybridized carbons (Fsp3) is 0.615. The molecule has 0 saturated carbocycles. The molecule has 0 aromatic carbocycles. The van der Waals surface area contributed by atoms with Gasteiger partial charge in [-0.2, -0.15) is 5.10 Å². The molecule has 1 aliphatic heterocycles. The molecule has 1 N–H and O–H groups in total. The Labute approximate surface area is 96.5 Å². The molecule has 86 valence electrons. The van der Waals surface area contributed by atoms with Gasteiger partial charge in [0.2, 0.25) is 0 Å². The summed E-state index contributed by atoms with van der Waals surface area (Å²) in [5.41, 5.74) is 5.77. The van der Waals surface area contributed by atoms with Crippen molar-refractivity contribution in [1.82, 2.24) is 15.1 Å². The average Bonchev–Trinajstić information content (AvgIpc) is 2.74. The van der Waals surface area contributed by atoms with Crippen molar-refractivity contribution in [2.75, 3.05) is 13.1 Å². The molecule has 3 heteroatoms. The van der Waals surface area contributed by atoms with E-state index in [1.54, 1.807) is 11.1 Å². The van der Waals surface area contributed by atoms with Crippen LogP contribution in [-0.2, 0) is 6.42 Å². The summed E-state index contributed by atoms with van der Waals surface area (Å²) in [5, 5.41) is 8.08. The minimum Gasteiger partial charge on any atom is -0.312 e. The zero-order chi connectivity index (χ0) is 11.3. The third-order valence-corrected chi connectivity index (χ3v) is 3.61. The van der Waals surface area contributed by atoms with Gasteiger partial charge in [-0.1, -0.05) is 6.92 Å². The van der Waals surface area contributed by atoms with Crippen LogP contribution in [0.15, 0.2) is 11.6 Å². The molecule has 1 unspecified atom stereocenters. The number of nitrogens with one attached hydrogen (secondary N) is 1. The van der Waals surface area contributed by atoms with Gasteiger partial charge in [0.1, 0.15) is 0 Å². The number of fused-ring (bicyclic) bond motifs is 1. The van der Waals surface area contributed by atoms with Crippen molar-refractivity contribution in [2.24, 2.45) is 5.92 Å². The molecule has 1 aromatic heterocycles. The number of nitrogens with zero attached hydrogens (tertiary/aromatic N) is 2. The van der Waals surface area contributed by atoms with Gasteiger partial charge in [-0.15, -0.1) is 0 Å². The lowest BCUT2D eigenvalue weighted by molar-refractivity contribution is 0.521. The summed E-state index contributed by atoms with van der Waals surface area (Å²) in [4.78, 5) is 0. The molecule has 1 aromatic rings. The fourth-order valence-electron chi connectivity index (χ4n) is 2.67. The second-order valence-electron chi connectivity index (χ2n) is 5.04. The van der Waals surface area contributed by atoms with Crippen LogP contribution in [0, 0.1) is 5.92 Å². The Balaban J connectivity index is 2.00. The van der Waals surface area contributed by atoms with Gasteiger partial charge in [0.15, 0.2) is 0 Å². The summed E-state index contributed by atoms with van der Waals surface area (Å²) < 4.78 is 2.19. The summed E-state index contributed by atoms with van der Waals surface area (Å²) in [7, 11) is 0. The summed E-state index contributed by atoms with van der Waals surface area (Å²) in [6.07, 6.45) is 1.03. The van der Waals surface area contributed by atoms with Crippen LogP contribution in [0.3, 0.4) is 0 Å². The van der Waals surface area contributed by atoms with Gasteiger partial charge < -0.3 is 5.32 Å². The Bertz CT molecular complexity index is 454. The SMILES string of the molecule is CCc1cc(C2=C3CNCC32)n(C(C)C)n1. The highest BCUT2D eigenvalue weighted by Gasteiger charge is 2.42. The number of aromatic nitrogens is 2. The van der Waals surface area contributed by atoms with Crippen molar-refractivity contribution in [3.05, 3.63) is 23.0 Å². The van der Waals surface area contributed by atoms with E-state index in [4.69, 9.17) is 0 Å². The van der Waals surface area contributed by atoms with Gasteiger partial charge in [-0.05, 0) is 37.5 Å². The molecule has 0 spiro atoms. The number of aryl methyl sites for hydroxylation is 1. The summed E-state index contributed by atoms with van der Waals surface area (Å²) in [6.45, 7) is 8.80. The Morgan fingerprint density at radius 2 is 2.38 bits per heavy atom. The predicted molar refractivity (Wildman–Crippen MR) is 65.3 cm³/mol.